The Morgan fingerprint density at radius 1 is 0.974 bits per heavy atom. The van der Waals surface area contributed by atoms with Gasteiger partial charge in [-0.1, -0.05) is 55.4 Å². The summed E-state index contributed by atoms with van der Waals surface area (Å²) in [6.07, 6.45) is 5.40. The Balaban J connectivity index is 0.000000328. The molecule has 4 aromatic rings. The van der Waals surface area contributed by atoms with Crippen molar-refractivity contribution in [1.29, 1.82) is 0 Å². The van der Waals surface area contributed by atoms with Gasteiger partial charge in [-0.3, -0.25) is 9.78 Å². The van der Waals surface area contributed by atoms with E-state index < -0.39 is 5.41 Å². The summed E-state index contributed by atoms with van der Waals surface area (Å²) in [6, 6.07) is 19.9. The number of ketones is 1. The first-order valence-electron chi connectivity index (χ1n) is 12.8. The van der Waals surface area contributed by atoms with Gasteiger partial charge in [0.25, 0.3) is 0 Å². The number of carbonyl (C=O) groups is 1. The Morgan fingerprint density at radius 2 is 1.62 bits per heavy atom. The first kappa shape index (κ1) is 32.0. The number of carbonyl (C=O) groups excluding carboxylic acids is 1. The van der Waals surface area contributed by atoms with Crippen LogP contribution in [0.15, 0.2) is 72.8 Å². The van der Waals surface area contributed by atoms with Crippen LogP contribution in [-0.2, 0) is 24.9 Å². The molecule has 0 aliphatic heterocycles. The third-order valence-corrected chi connectivity index (χ3v) is 6.06. The summed E-state index contributed by atoms with van der Waals surface area (Å²) in [5.41, 5.74) is 5.37. The van der Waals surface area contributed by atoms with E-state index in [9.17, 15) is 9.90 Å². The second-order valence-corrected chi connectivity index (χ2v) is 11.7. The SMILES string of the molecule is CC(C)(C)C(=O)/C=C(\O)C(C)(C)C.COc1cc2cc(-n3cccc3)ccc2nc1-c1[c-]c(C)cc(C)c1.[Ir]. The van der Waals surface area contributed by atoms with Crippen molar-refractivity contribution >= 4 is 16.7 Å². The number of allylic oxidation sites excluding steroid dienone is 2. The monoisotopic (exact) mass is 704 g/mol. The largest absolute Gasteiger partial charge is 0.512 e. The van der Waals surface area contributed by atoms with E-state index in [1.54, 1.807) is 7.11 Å². The van der Waals surface area contributed by atoms with Crippen LogP contribution in [0, 0.1) is 30.7 Å². The van der Waals surface area contributed by atoms with Gasteiger partial charge in [0, 0.05) is 66.2 Å². The molecule has 1 radical (unpaired) electrons. The minimum absolute atomic E-state index is 0. The van der Waals surface area contributed by atoms with Crippen molar-refractivity contribution in [2.45, 2.75) is 55.4 Å². The van der Waals surface area contributed by atoms with Gasteiger partial charge in [-0.05, 0) is 36.4 Å². The van der Waals surface area contributed by atoms with E-state index in [0.717, 1.165) is 39.2 Å². The average Bonchev–Trinajstić information content (AvgIpc) is 3.36. The topological polar surface area (TPSA) is 64.3 Å². The molecule has 0 bridgehead atoms. The van der Waals surface area contributed by atoms with Crippen LogP contribution in [0.1, 0.15) is 52.7 Å². The number of ether oxygens (including phenoxy) is 1. The minimum Gasteiger partial charge on any atom is -0.512 e. The Morgan fingerprint density at radius 3 is 2.15 bits per heavy atom. The normalized spacial score (nSPS) is 11.9. The summed E-state index contributed by atoms with van der Waals surface area (Å²) in [6.45, 7) is 15.2. The second-order valence-electron chi connectivity index (χ2n) is 11.7. The molecule has 2 heterocycles. The number of aryl methyl sites for hydroxylation is 2. The van der Waals surface area contributed by atoms with Gasteiger partial charge in [0.05, 0.1) is 12.6 Å². The van der Waals surface area contributed by atoms with Crippen LogP contribution < -0.4 is 4.74 Å². The molecule has 4 rings (SSSR count). The molecular formula is C33H39IrN2O3-. The number of methoxy groups -OCH3 is 1. The maximum Gasteiger partial charge on any atom is 0.164 e. The van der Waals surface area contributed by atoms with Gasteiger partial charge in [0.1, 0.15) is 11.5 Å². The average molecular weight is 704 g/mol. The summed E-state index contributed by atoms with van der Waals surface area (Å²) in [5.74, 6) is 0.866. The van der Waals surface area contributed by atoms with Crippen LogP contribution in [0.2, 0.25) is 0 Å². The fourth-order valence-electron chi connectivity index (χ4n) is 3.74. The number of benzene rings is 2. The van der Waals surface area contributed by atoms with Crippen LogP contribution in [-0.4, -0.2) is 27.6 Å². The zero-order valence-electron chi connectivity index (χ0n) is 24.3. The van der Waals surface area contributed by atoms with E-state index in [-0.39, 0.29) is 37.1 Å². The number of hydrogen-bond acceptors (Lipinski definition) is 4. The molecule has 0 saturated carbocycles. The zero-order valence-corrected chi connectivity index (χ0v) is 26.7. The minimum atomic E-state index is -0.417. The van der Waals surface area contributed by atoms with Crippen molar-refractivity contribution in [2.24, 2.45) is 10.8 Å². The number of pyridine rings is 1. The Labute approximate surface area is 246 Å². The molecule has 0 spiro atoms. The van der Waals surface area contributed by atoms with Crippen LogP contribution in [0.4, 0.5) is 0 Å². The molecule has 6 heteroatoms. The van der Waals surface area contributed by atoms with Gasteiger partial charge in [0.15, 0.2) is 5.78 Å². The molecule has 0 aliphatic rings. The predicted octanol–water partition coefficient (Wildman–Crippen LogP) is 8.21. The number of fused-ring (bicyclic) bond motifs is 1. The van der Waals surface area contributed by atoms with E-state index in [4.69, 9.17) is 9.72 Å². The first-order chi connectivity index (χ1) is 17.7. The van der Waals surface area contributed by atoms with Crippen LogP contribution in [0.3, 0.4) is 0 Å². The van der Waals surface area contributed by atoms with Gasteiger partial charge in [-0.25, -0.2) is 0 Å². The van der Waals surface area contributed by atoms with Crippen molar-refractivity contribution in [1.82, 2.24) is 9.55 Å². The van der Waals surface area contributed by atoms with E-state index in [2.05, 4.69) is 54.0 Å². The number of aliphatic hydroxyl groups is 1. The van der Waals surface area contributed by atoms with Crippen LogP contribution in [0.5, 0.6) is 5.75 Å². The van der Waals surface area contributed by atoms with Crippen molar-refractivity contribution in [3.05, 3.63) is 90.0 Å². The van der Waals surface area contributed by atoms with Gasteiger partial charge >= 0.3 is 0 Å². The molecular weight excluding hydrogens is 665 g/mol. The zero-order chi connectivity index (χ0) is 28.3. The quantitative estimate of drug-likeness (QED) is 0.132. The molecule has 0 atom stereocenters. The van der Waals surface area contributed by atoms with Crippen LogP contribution in [0.25, 0.3) is 27.8 Å². The molecule has 5 nitrogen and oxygen atoms in total. The van der Waals surface area contributed by atoms with Gasteiger partial charge in [0.2, 0.25) is 0 Å². The Hall–Kier alpha value is -3.21. The number of nitrogens with zero attached hydrogens (tertiary/aromatic N) is 2. The molecule has 0 unspecified atom stereocenters. The van der Waals surface area contributed by atoms with Crippen molar-refractivity contribution in [3.63, 3.8) is 0 Å². The van der Waals surface area contributed by atoms with Crippen molar-refractivity contribution < 1.29 is 34.7 Å². The van der Waals surface area contributed by atoms with Gasteiger partial charge in [-0.15, -0.1) is 34.9 Å². The Bertz CT molecular complexity index is 1440. The molecule has 209 valence electrons. The molecule has 0 amide bonds. The maximum absolute atomic E-state index is 11.5. The van der Waals surface area contributed by atoms with Crippen LogP contribution >= 0.6 is 0 Å². The van der Waals surface area contributed by atoms with Crippen molar-refractivity contribution in [2.75, 3.05) is 7.11 Å². The van der Waals surface area contributed by atoms with Crippen molar-refractivity contribution in [3.8, 4) is 22.7 Å². The fourth-order valence-corrected chi connectivity index (χ4v) is 3.74. The van der Waals surface area contributed by atoms with E-state index in [0.29, 0.717) is 0 Å². The molecule has 0 fully saturated rings. The van der Waals surface area contributed by atoms with Gasteiger partial charge in [-0.2, -0.15) is 0 Å². The van der Waals surface area contributed by atoms with E-state index in [1.165, 1.54) is 11.6 Å². The van der Waals surface area contributed by atoms with E-state index >= 15 is 0 Å². The third-order valence-electron chi connectivity index (χ3n) is 6.06. The molecule has 39 heavy (non-hydrogen) atoms. The predicted molar refractivity (Wildman–Crippen MR) is 156 cm³/mol. The molecule has 2 aromatic carbocycles. The molecule has 1 N–H and O–H groups in total. The molecule has 0 saturated heterocycles. The van der Waals surface area contributed by atoms with Gasteiger partial charge < -0.3 is 14.4 Å². The Kier molecular flexibility index (Phi) is 10.5. The number of aromatic nitrogens is 2. The number of hydrogen-bond donors (Lipinski definition) is 1. The number of aliphatic hydroxyl groups excluding tert-OH is 1. The maximum atomic E-state index is 11.5. The summed E-state index contributed by atoms with van der Waals surface area (Å²) in [5, 5.41) is 10.6. The van der Waals surface area contributed by atoms with E-state index in [1.807, 2.05) is 73.0 Å². The fraction of sp³-hybridized carbons (Fsp3) is 0.333. The molecule has 0 aliphatic carbocycles. The second kappa shape index (κ2) is 12.8. The summed E-state index contributed by atoms with van der Waals surface area (Å²) in [4.78, 5) is 16.3. The summed E-state index contributed by atoms with van der Waals surface area (Å²) < 4.78 is 7.71. The summed E-state index contributed by atoms with van der Waals surface area (Å²) >= 11 is 0. The summed E-state index contributed by atoms with van der Waals surface area (Å²) in [7, 11) is 1.69. The number of rotatable bonds is 4. The standard InChI is InChI=1S/C22H19N2O.C11H20O2.Ir/c1-15-10-16(2)12-18(11-15)22-21(25-3)14-17-13-19(6-7-20(17)23-22)24-8-4-5-9-24;1-10(2,3)8(12)7-9(13)11(4,5)6;/h4-11,13-14H,1-3H3;7,12H,1-6H3;/q-1;;/b;8-7-;. The smallest absolute Gasteiger partial charge is 0.164 e. The third kappa shape index (κ3) is 8.38. The molecule has 2 aromatic heterocycles. The first-order valence-corrected chi connectivity index (χ1v) is 12.8.